The Kier molecular flexibility index (Phi) is 6.82. The van der Waals surface area contributed by atoms with E-state index in [-0.39, 0.29) is 12.6 Å². The van der Waals surface area contributed by atoms with Gasteiger partial charge in [-0.2, -0.15) is 0 Å². The van der Waals surface area contributed by atoms with E-state index >= 15 is 0 Å². The van der Waals surface area contributed by atoms with Crippen molar-refractivity contribution in [2.75, 3.05) is 0 Å². The molecule has 0 fully saturated rings. The quantitative estimate of drug-likeness (QED) is 0.190. The number of fused-ring (bicyclic) bond motifs is 1. The van der Waals surface area contributed by atoms with E-state index in [4.69, 9.17) is 24.9 Å². The van der Waals surface area contributed by atoms with E-state index in [1.807, 2.05) is 54.7 Å². The summed E-state index contributed by atoms with van der Waals surface area (Å²) in [4.78, 5) is 18.9. The van der Waals surface area contributed by atoms with E-state index in [2.05, 4.69) is 24.9 Å². The molecule has 0 aliphatic carbocycles. The minimum atomic E-state index is -0.266. The molecule has 0 radical (unpaired) electrons. The first-order valence-corrected chi connectivity index (χ1v) is 10.8. The maximum absolute atomic E-state index is 6.41. The lowest BCUT2D eigenvalue weighted by Gasteiger charge is -2.12. The third-order valence-corrected chi connectivity index (χ3v) is 5.57. The zero-order valence-electron chi connectivity index (χ0n) is 18.0. The Labute approximate surface area is 182 Å². The fourth-order valence-corrected chi connectivity index (χ4v) is 3.58. The lowest BCUT2D eigenvalue weighted by molar-refractivity contribution is -0.313. The summed E-state index contributed by atoms with van der Waals surface area (Å²) in [6.45, 7) is 4.88. The van der Waals surface area contributed by atoms with Crippen molar-refractivity contribution in [2.45, 2.75) is 45.9 Å². The highest BCUT2D eigenvalue weighted by atomic mass is 17.2. The molecule has 31 heavy (non-hydrogen) atoms. The number of para-hydroxylation sites is 1. The van der Waals surface area contributed by atoms with E-state index in [1.54, 1.807) is 0 Å². The number of aromatic nitrogens is 2. The first-order chi connectivity index (χ1) is 15.2. The molecule has 4 rings (SSSR count). The average Bonchev–Trinajstić information content (AvgIpc) is 3.41. The summed E-state index contributed by atoms with van der Waals surface area (Å²) in [6, 6.07) is 17.7. The second-order valence-corrected chi connectivity index (χ2v) is 7.94. The summed E-state index contributed by atoms with van der Waals surface area (Å²) >= 11 is 0. The number of hydrogen-bond acceptors (Lipinski definition) is 5. The van der Waals surface area contributed by atoms with Crippen molar-refractivity contribution in [2.24, 2.45) is 11.7 Å². The molecule has 1 unspecified atom stereocenters. The third-order valence-electron chi connectivity index (χ3n) is 5.57. The van der Waals surface area contributed by atoms with Gasteiger partial charge in [-0.1, -0.05) is 68.8 Å². The number of oxazole rings is 1. The van der Waals surface area contributed by atoms with Crippen LogP contribution >= 0.6 is 0 Å². The van der Waals surface area contributed by atoms with Crippen LogP contribution in [0.1, 0.15) is 49.9 Å². The van der Waals surface area contributed by atoms with E-state index in [9.17, 15) is 0 Å². The van der Waals surface area contributed by atoms with Gasteiger partial charge in [0, 0.05) is 22.7 Å². The number of nitrogens with zero attached hydrogens (tertiary/aromatic N) is 1. The summed E-state index contributed by atoms with van der Waals surface area (Å²) in [5.74, 6) is 1.69. The molecular weight excluding hydrogens is 390 g/mol. The van der Waals surface area contributed by atoms with Gasteiger partial charge >= 0.3 is 0 Å². The number of nitrogens with two attached hydrogens (primary N) is 1. The molecule has 2 heterocycles. The molecule has 0 saturated carbocycles. The summed E-state index contributed by atoms with van der Waals surface area (Å²) in [5, 5.41) is 1.06. The predicted octanol–water partition coefficient (Wildman–Crippen LogP) is 5.91. The highest BCUT2D eigenvalue weighted by Crippen LogP contribution is 2.34. The first-order valence-electron chi connectivity index (χ1n) is 10.8. The lowest BCUT2D eigenvalue weighted by atomic mass is 10.00. The van der Waals surface area contributed by atoms with Crippen LogP contribution in [0.25, 0.3) is 22.2 Å². The summed E-state index contributed by atoms with van der Waals surface area (Å²) in [6.07, 6.45) is 3.81. The summed E-state index contributed by atoms with van der Waals surface area (Å²) in [7, 11) is 0. The van der Waals surface area contributed by atoms with Crippen LogP contribution in [-0.2, 0) is 23.0 Å². The molecule has 0 aliphatic heterocycles. The fourth-order valence-electron chi connectivity index (χ4n) is 3.58. The Hall–Kier alpha value is -2.93. The Morgan fingerprint density at radius 1 is 1.03 bits per heavy atom. The van der Waals surface area contributed by atoms with Gasteiger partial charge in [-0.05, 0) is 24.0 Å². The zero-order valence-corrected chi connectivity index (χ0v) is 18.0. The molecule has 3 N–H and O–H groups in total. The first kappa shape index (κ1) is 21.3. The molecule has 0 saturated heterocycles. The predicted molar refractivity (Wildman–Crippen MR) is 121 cm³/mol. The van der Waals surface area contributed by atoms with Crippen molar-refractivity contribution < 1.29 is 14.2 Å². The Bertz CT molecular complexity index is 1100. The molecule has 0 aliphatic rings. The molecule has 2 aromatic heterocycles. The normalized spacial score (nSPS) is 13.5. The van der Waals surface area contributed by atoms with Gasteiger partial charge in [0.25, 0.3) is 0 Å². The third kappa shape index (κ3) is 5.05. The van der Waals surface area contributed by atoms with Gasteiger partial charge < -0.3 is 15.1 Å². The lowest BCUT2D eigenvalue weighted by Crippen LogP contribution is -2.14. The molecule has 4 aromatic rings. The minimum Gasteiger partial charge on any atom is -0.439 e. The second kappa shape index (κ2) is 9.92. The van der Waals surface area contributed by atoms with Crippen LogP contribution in [0.15, 0.2) is 65.2 Å². The standard InChI is InChI=1S/C25H29N3O3/c1-3-17(2)13-21(26)25-28-23(16-30-29-15-18-9-5-4-6-10-18)24(31-25)20-14-27-22-12-8-7-11-19(20)22/h4-12,14,17,21,27H,3,13,15-16,26H2,1-2H3/t17-,21?/m0/s1. The maximum Gasteiger partial charge on any atom is 0.212 e. The van der Waals surface area contributed by atoms with Crippen LogP contribution in [0.3, 0.4) is 0 Å². The van der Waals surface area contributed by atoms with Crippen LogP contribution in [0.4, 0.5) is 0 Å². The second-order valence-electron chi connectivity index (χ2n) is 7.94. The van der Waals surface area contributed by atoms with Gasteiger partial charge in [-0.15, -0.1) is 0 Å². The highest BCUT2D eigenvalue weighted by molar-refractivity contribution is 5.94. The van der Waals surface area contributed by atoms with Gasteiger partial charge in [0.05, 0.1) is 6.04 Å². The van der Waals surface area contributed by atoms with Crippen molar-refractivity contribution in [3.8, 4) is 11.3 Å². The molecule has 0 amide bonds. The Balaban J connectivity index is 1.56. The highest BCUT2D eigenvalue weighted by Gasteiger charge is 2.23. The molecule has 162 valence electrons. The monoisotopic (exact) mass is 419 g/mol. The number of aromatic amines is 1. The van der Waals surface area contributed by atoms with E-state index in [1.165, 1.54) is 0 Å². The molecule has 2 atom stereocenters. The van der Waals surface area contributed by atoms with Crippen LogP contribution in [0, 0.1) is 5.92 Å². The Morgan fingerprint density at radius 2 is 1.77 bits per heavy atom. The van der Waals surface area contributed by atoms with Crippen molar-refractivity contribution in [3.05, 3.63) is 77.9 Å². The molecule has 6 heteroatoms. The largest absolute Gasteiger partial charge is 0.439 e. The van der Waals surface area contributed by atoms with Crippen molar-refractivity contribution in [1.82, 2.24) is 9.97 Å². The van der Waals surface area contributed by atoms with Crippen LogP contribution in [-0.4, -0.2) is 9.97 Å². The van der Waals surface area contributed by atoms with Crippen LogP contribution in [0.5, 0.6) is 0 Å². The van der Waals surface area contributed by atoms with Crippen molar-refractivity contribution in [3.63, 3.8) is 0 Å². The van der Waals surface area contributed by atoms with Gasteiger partial charge in [-0.25, -0.2) is 14.8 Å². The number of benzene rings is 2. The Morgan fingerprint density at radius 3 is 2.58 bits per heavy atom. The average molecular weight is 420 g/mol. The van der Waals surface area contributed by atoms with Crippen LogP contribution < -0.4 is 5.73 Å². The minimum absolute atomic E-state index is 0.168. The van der Waals surface area contributed by atoms with Gasteiger partial charge in [0.1, 0.15) is 18.9 Å². The van der Waals surface area contributed by atoms with Crippen molar-refractivity contribution in [1.29, 1.82) is 0 Å². The van der Waals surface area contributed by atoms with Crippen molar-refractivity contribution >= 4 is 10.9 Å². The summed E-state index contributed by atoms with van der Waals surface area (Å²) < 4.78 is 6.20. The van der Waals surface area contributed by atoms with E-state index in [0.717, 1.165) is 34.9 Å². The molecule has 6 nitrogen and oxygen atoms in total. The number of nitrogens with one attached hydrogen (secondary N) is 1. The van der Waals surface area contributed by atoms with Gasteiger partial charge in [-0.3, -0.25) is 0 Å². The van der Waals surface area contributed by atoms with Gasteiger partial charge in [0.2, 0.25) is 5.89 Å². The fraction of sp³-hybridized carbons (Fsp3) is 0.320. The molecule has 2 aromatic carbocycles. The SMILES string of the molecule is CC[C@H](C)CC(N)c1nc(COOCc2ccccc2)c(-c2c[nH]c3ccccc23)o1. The number of H-pyrrole nitrogens is 1. The van der Waals surface area contributed by atoms with Crippen LogP contribution in [0.2, 0.25) is 0 Å². The smallest absolute Gasteiger partial charge is 0.212 e. The van der Waals surface area contributed by atoms with E-state index < -0.39 is 0 Å². The topological polar surface area (TPSA) is 86.3 Å². The van der Waals surface area contributed by atoms with E-state index in [0.29, 0.717) is 29.9 Å². The summed E-state index contributed by atoms with van der Waals surface area (Å²) in [5.41, 5.74) is 10.1. The maximum atomic E-state index is 6.41. The molecule has 0 spiro atoms. The molecule has 0 bridgehead atoms. The van der Waals surface area contributed by atoms with Gasteiger partial charge in [0.15, 0.2) is 5.76 Å². The molecular formula is C25H29N3O3. The number of rotatable bonds is 10. The number of hydrogen-bond donors (Lipinski definition) is 2. The zero-order chi connectivity index (χ0) is 21.6.